The van der Waals surface area contributed by atoms with Gasteiger partial charge in [0.25, 0.3) is 0 Å². The van der Waals surface area contributed by atoms with Crippen molar-refractivity contribution in [1.82, 2.24) is 4.90 Å². The van der Waals surface area contributed by atoms with E-state index in [1.54, 1.807) is 26.4 Å². The minimum atomic E-state index is -0.615. The maximum absolute atomic E-state index is 13.9. The van der Waals surface area contributed by atoms with Crippen LogP contribution in [0.1, 0.15) is 52.6 Å². The van der Waals surface area contributed by atoms with Gasteiger partial charge < -0.3 is 14.2 Å². The van der Waals surface area contributed by atoms with Crippen LogP contribution < -0.4 is 0 Å². The van der Waals surface area contributed by atoms with Crippen LogP contribution in [-0.4, -0.2) is 45.4 Å². The highest BCUT2D eigenvalue weighted by molar-refractivity contribution is 5.66. The number of halogens is 1. The summed E-state index contributed by atoms with van der Waals surface area (Å²) >= 11 is 0. The summed E-state index contributed by atoms with van der Waals surface area (Å²) in [5.74, 6) is -0.232. The molecule has 3 aromatic rings. The van der Waals surface area contributed by atoms with Gasteiger partial charge in [-0.1, -0.05) is 54.6 Å². The zero-order chi connectivity index (χ0) is 26.4. The first-order chi connectivity index (χ1) is 18.6. The molecule has 0 fully saturated rings. The van der Waals surface area contributed by atoms with Gasteiger partial charge in [-0.2, -0.15) is 0 Å². The van der Waals surface area contributed by atoms with Gasteiger partial charge in [0, 0.05) is 27.3 Å². The first-order valence-electron chi connectivity index (χ1n) is 13.6. The van der Waals surface area contributed by atoms with Crippen molar-refractivity contribution in [2.24, 2.45) is 0 Å². The second kappa shape index (κ2) is 12.4. The third-order valence-corrected chi connectivity index (χ3v) is 7.93. The number of ether oxygens (including phenoxy) is 3. The molecule has 0 bridgehead atoms. The number of fused-ring (bicyclic) bond motifs is 1. The van der Waals surface area contributed by atoms with Crippen molar-refractivity contribution in [3.05, 3.63) is 112 Å². The Hall–Kier alpha value is -2.83. The van der Waals surface area contributed by atoms with E-state index in [9.17, 15) is 4.39 Å². The van der Waals surface area contributed by atoms with E-state index >= 15 is 0 Å². The molecule has 0 radical (unpaired) electrons. The molecule has 0 aliphatic carbocycles. The lowest BCUT2D eigenvalue weighted by Gasteiger charge is -2.41. The number of hydrogen-bond acceptors (Lipinski definition) is 4. The van der Waals surface area contributed by atoms with E-state index in [0.29, 0.717) is 19.8 Å². The SMILES string of the molecule is COCc1cc2c(cc1COC)C(CCCN1CC=C(c3ccccc3)CC1)(c1ccc(F)cc1)OCC2. The number of benzene rings is 3. The Morgan fingerprint density at radius 1 is 0.921 bits per heavy atom. The summed E-state index contributed by atoms with van der Waals surface area (Å²) in [4.78, 5) is 2.52. The molecule has 0 N–H and O–H groups in total. The molecule has 4 nitrogen and oxygen atoms in total. The Morgan fingerprint density at radius 3 is 2.34 bits per heavy atom. The van der Waals surface area contributed by atoms with Crippen LogP contribution in [0.4, 0.5) is 4.39 Å². The predicted molar refractivity (Wildman–Crippen MR) is 149 cm³/mol. The Morgan fingerprint density at radius 2 is 1.66 bits per heavy atom. The zero-order valence-electron chi connectivity index (χ0n) is 22.5. The van der Waals surface area contributed by atoms with Crippen molar-refractivity contribution in [1.29, 1.82) is 0 Å². The minimum absolute atomic E-state index is 0.232. The molecule has 0 spiro atoms. The van der Waals surface area contributed by atoms with Crippen LogP contribution in [-0.2, 0) is 39.4 Å². The van der Waals surface area contributed by atoms with Crippen molar-refractivity contribution in [2.75, 3.05) is 40.5 Å². The molecular weight excluding hydrogens is 477 g/mol. The second-order valence-corrected chi connectivity index (χ2v) is 10.3. The van der Waals surface area contributed by atoms with Crippen molar-refractivity contribution in [2.45, 2.75) is 44.5 Å². The molecule has 1 atom stereocenters. The average Bonchev–Trinajstić information content (AvgIpc) is 2.95. The topological polar surface area (TPSA) is 30.9 Å². The van der Waals surface area contributed by atoms with Crippen molar-refractivity contribution in [3.63, 3.8) is 0 Å². The van der Waals surface area contributed by atoms with Crippen LogP contribution in [0, 0.1) is 5.82 Å². The van der Waals surface area contributed by atoms with Crippen LogP contribution in [0.2, 0.25) is 0 Å². The molecule has 0 saturated carbocycles. The smallest absolute Gasteiger partial charge is 0.123 e. The maximum atomic E-state index is 13.9. The molecule has 3 aromatic carbocycles. The summed E-state index contributed by atoms with van der Waals surface area (Å²) in [6.45, 7) is 4.70. The zero-order valence-corrected chi connectivity index (χ0v) is 22.5. The quantitative estimate of drug-likeness (QED) is 0.308. The molecule has 0 saturated heterocycles. The van der Waals surface area contributed by atoms with Gasteiger partial charge >= 0.3 is 0 Å². The van der Waals surface area contributed by atoms with Gasteiger partial charge in [0.15, 0.2) is 0 Å². The van der Waals surface area contributed by atoms with Crippen molar-refractivity contribution < 1.29 is 18.6 Å². The highest BCUT2D eigenvalue weighted by Gasteiger charge is 2.40. The number of hydrogen-bond donors (Lipinski definition) is 0. The molecule has 0 amide bonds. The largest absolute Gasteiger partial charge is 0.380 e. The van der Waals surface area contributed by atoms with Gasteiger partial charge in [-0.05, 0) is 89.4 Å². The molecule has 2 aliphatic rings. The van der Waals surface area contributed by atoms with Crippen LogP contribution in [0.5, 0.6) is 0 Å². The van der Waals surface area contributed by atoms with E-state index in [1.165, 1.54) is 22.3 Å². The summed E-state index contributed by atoms with van der Waals surface area (Å²) in [6, 6.07) is 22.0. The van der Waals surface area contributed by atoms with E-state index in [4.69, 9.17) is 14.2 Å². The lowest BCUT2D eigenvalue weighted by molar-refractivity contribution is -0.0373. The minimum Gasteiger partial charge on any atom is -0.380 e. The highest BCUT2D eigenvalue weighted by Crippen LogP contribution is 2.44. The third-order valence-electron chi connectivity index (χ3n) is 7.93. The first kappa shape index (κ1) is 26.8. The number of nitrogens with zero attached hydrogens (tertiary/aromatic N) is 1. The molecule has 200 valence electrons. The second-order valence-electron chi connectivity index (χ2n) is 10.3. The van der Waals surface area contributed by atoms with Crippen LogP contribution in [0.3, 0.4) is 0 Å². The molecule has 5 rings (SSSR count). The van der Waals surface area contributed by atoms with Crippen molar-refractivity contribution >= 4 is 5.57 Å². The van der Waals surface area contributed by atoms with E-state index in [0.717, 1.165) is 62.0 Å². The Labute approximate surface area is 226 Å². The molecule has 0 aromatic heterocycles. The molecule has 2 heterocycles. The standard InChI is InChI=1S/C33H38FNO3/c1-36-23-28-21-27-15-20-38-33(30-9-11-31(34)12-10-30,32(27)22-29(28)24-37-2)16-6-17-35-18-13-26(14-19-35)25-7-4-3-5-8-25/h3-5,7-13,21-22H,6,14-20,23-24H2,1-2H3. The fourth-order valence-corrected chi connectivity index (χ4v) is 6.01. The van der Waals surface area contributed by atoms with Gasteiger partial charge in [-0.15, -0.1) is 0 Å². The fraction of sp³-hybridized carbons (Fsp3) is 0.394. The summed E-state index contributed by atoms with van der Waals surface area (Å²) in [7, 11) is 3.44. The van der Waals surface area contributed by atoms with Crippen LogP contribution in [0.15, 0.2) is 72.8 Å². The third kappa shape index (κ3) is 5.76. The number of rotatable bonds is 10. The first-order valence-corrected chi connectivity index (χ1v) is 13.6. The van der Waals surface area contributed by atoms with E-state index in [2.05, 4.69) is 53.4 Å². The summed E-state index contributed by atoms with van der Waals surface area (Å²) in [5.41, 5.74) is 7.87. The Bertz CT molecular complexity index is 1240. The summed E-state index contributed by atoms with van der Waals surface area (Å²) < 4.78 is 31.7. The Balaban J connectivity index is 1.39. The Kier molecular flexibility index (Phi) is 8.70. The normalized spacial score (nSPS) is 19.7. The average molecular weight is 516 g/mol. The summed E-state index contributed by atoms with van der Waals surface area (Å²) in [6.07, 6.45) is 6.09. The van der Waals surface area contributed by atoms with Crippen LogP contribution in [0.25, 0.3) is 5.57 Å². The highest BCUT2D eigenvalue weighted by atomic mass is 19.1. The van der Waals surface area contributed by atoms with Crippen LogP contribution >= 0.6 is 0 Å². The molecule has 1 unspecified atom stereocenters. The van der Waals surface area contributed by atoms with Gasteiger partial charge in [-0.25, -0.2) is 4.39 Å². The molecule has 38 heavy (non-hydrogen) atoms. The predicted octanol–water partition coefficient (Wildman–Crippen LogP) is 6.50. The lowest BCUT2D eigenvalue weighted by atomic mass is 9.76. The van der Waals surface area contributed by atoms with Gasteiger partial charge in [0.05, 0.1) is 19.8 Å². The van der Waals surface area contributed by atoms with E-state index < -0.39 is 5.60 Å². The number of methoxy groups -OCH3 is 2. The monoisotopic (exact) mass is 515 g/mol. The van der Waals surface area contributed by atoms with Gasteiger partial charge in [0.2, 0.25) is 0 Å². The molecule has 2 aliphatic heterocycles. The molecular formula is C33H38FNO3. The summed E-state index contributed by atoms with van der Waals surface area (Å²) in [5, 5.41) is 0. The van der Waals surface area contributed by atoms with Gasteiger partial charge in [0.1, 0.15) is 11.4 Å². The fourth-order valence-electron chi connectivity index (χ4n) is 6.01. The maximum Gasteiger partial charge on any atom is 0.123 e. The lowest BCUT2D eigenvalue weighted by Crippen LogP contribution is -2.38. The van der Waals surface area contributed by atoms with Crippen molar-refractivity contribution in [3.8, 4) is 0 Å². The van der Waals surface area contributed by atoms with E-state index in [-0.39, 0.29) is 5.82 Å². The van der Waals surface area contributed by atoms with Gasteiger partial charge in [-0.3, -0.25) is 4.90 Å². The molecule has 5 heteroatoms. The van der Waals surface area contributed by atoms with E-state index in [1.807, 2.05) is 12.1 Å².